The molecule has 0 saturated heterocycles. The van der Waals surface area contributed by atoms with Crippen LogP contribution in [0.5, 0.6) is 0 Å². The van der Waals surface area contributed by atoms with E-state index in [1.165, 1.54) is 18.7 Å². The van der Waals surface area contributed by atoms with Crippen molar-refractivity contribution in [1.29, 1.82) is 0 Å². The molecule has 4 unspecified atom stereocenters. The van der Waals surface area contributed by atoms with Gasteiger partial charge in [-0.1, -0.05) is 30.3 Å². The van der Waals surface area contributed by atoms with Crippen LogP contribution < -0.4 is 27.4 Å². The van der Waals surface area contributed by atoms with E-state index in [-0.39, 0.29) is 12.8 Å². The highest BCUT2D eigenvalue weighted by Gasteiger charge is 2.30. The first-order chi connectivity index (χ1) is 15.5. The van der Waals surface area contributed by atoms with Crippen LogP contribution in [0.4, 0.5) is 0 Å². The predicted octanol–water partition coefficient (Wildman–Crippen LogP) is -1.26. The molecular formula is C21H31N5O6S. The number of carboxylic acids is 1. The lowest BCUT2D eigenvalue weighted by atomic mass is 10.0. The molecule has 0 aliphatic heterocycles. The first-order valence-corrected chi connectivity index (χ1v) is 11.6. The van der Waals surface area contributed by atoms with Crippen LogP contribution in [-0.4, -0.2) is 70.9 Å². The lowest BCUT2D eigenvalue weighted by Crippen LogP contribution is -2.57. The first-order valence-electron chi connectivity index (χ1n) is 10.3. The molecule has 0 aliphatic rings. The van der Waals surface area contributed by atoms with Crippen molar-refractivity contribution in [1.82, 2.24) is 16.0 Å². The van der Waals surface area contributed by atoms with Gasteiger partial charge in [0.15, 0.2) is 0 Å². The van der Waals surface area contributed by atoms with Crippen LogP contribution in [0.3, 0.4) is 0 Å². The average molecular weight is 482 g/mol. The van der Waals surface area contributed by atoms with Crippen molar-refractivity contribution < 1.29 is 29.1 Å². The summed E-state index contributed by atoms with van der Waals surface area (Å²) in [5.74, 6) is -3.74. The van der Waals surface area contributed by atoms with Crippen LogP contribution in [0.15, 0.2) is 30.3 Å². The second kappa shape index (κ2) is 14.1. The maximum atomic E-state index is 12.8. The van der Waals surface area contributed by atoms with Crippen LogP contribution in [0, 0.1) is 0 Å². The van der Waals surface area contributed by atoms with E-state index < -0.39 is 60.2 Å². The van der Waals surface area contributed by atoms with Gasteiger partial charge in [-0.2, -0.15) is 11.8 Å². The highest BCUT2D eigenvalue weighted by Crippen LogP contribution is 2.05. The van der Waals surface area contributed by atoms with E-state index in [0.717, 1.165) is 5.56 Å². The van der Waals surface area contributed by atoms with E-state index >= 15 is 0 Å². The Labute approximate surface area is 196 Å². The van der Waals surface area contributed by atoms with Crippen molar-refractivity contribution in [3.63, 3.8) is 0 Å². The fraction of sp³-hybridized carbons (Fsp3) is 0.476. The molecule has 1 aromatic carbocycles. The minimum absolute atomic E-state index is 0.204. The van der Waals surface area contributed by atoms with Crippen molar-refractivity contribution in [3.8, 4) is 0 Å². The van der Waals surface area contributed by atoms with Gasteiger partial charge in [-0.05, 0) is 37.3 Å². The zero-order valence-electron chi connectivity index (χ0n) is 18.6. The SMILES string of the molecule is CSCCC(NC(=O)C(CC(N)=O)NC(=O)C(N)Cc1ccccc1)C(=O)NC(C)C(=O)O. The van der Waals surface area contributed by atoms with E-state index in [9.17, 15) is 24.0 Å². The molecule has 0 aromatic heterocycles. The molecule has 0 aliphatic carbocycles. The van der Waals surface area contributed by atoms with Gasteiger partial charge in [0.2, 0.25) is 23.6 Å². The van der Waals surface area contributed by atoms with E-state index in [1.54, 1.807) is 30.5 Å². The number of hydrogen-bond donors (Lipinski definition) is 6. The minimum Gasteiger partial charge on any atom is -0.480 e. The van der Waals surface area contributed by atoms with E-state index in [4.69, 9.17) is 16.6 Å². The van der Waals surface area contributed by atoms with Crippen molar-refractivity contribution in [2.75, 3.05) is 12.0 Å². The number of benzene rings is 1. The zero-order valence-corrected chi connectivity index (χ0v) is 19.4. The maximum absolute atomic E-state index is 12.8. The molecule has 182 valence electrons. The number of nitrogens with two attached hydrogens (primary N) is 2. The second-order valence-corrected chi connectivity index (χ2v) is 8.42. The summed E-state index contributed by atoms with van der Waals surface area (Å²) in [6.45, 7) is 1.29. The van der Waals surface area contributed by atoms with Gasteiger partial charge in [-0.3, -0.25) is 24.0 Å². The molecule has 0 heterocycles. The van der Waals surface area contributed by atoms with Gasteiger partial charge in [0, 0.05) is 0 Å². The summed E-state index contributed by atoms with van der Waals surface area (Å²) >= 11 is 1.43. The van der Waals surface area contributed by atoms with Gasteiger partial charge in [0.25, 0.3) is 0 Å². The van der Waals surface area contributed by atoms with Crippen LogP contribution >= 0.6 is 11.8 Å². The van der Waals surface area contributed by atoms with Crippen molar-refractivity contribution in [3.05, 3.63) is 35.9 Å². The fourth-order valence-electron chi connectivity index (χ4n) is 2.80. The van der Waals surface area contributed by atoms with Gasteiger partial charge in [-0.25, -0.2) is 0 Å². The normalized spacial score (nSPS) is 14.3. The number of carbonyl (C=O) groups excluding carboxylic acids is 4. The molecule has 0 spiro atoms. The molecule has 0 fully saturated rings. The Bertz CT molecular complexity index is 838. The average Bonchev–Trinajstić information content (AvgIpc) is 2.75. The van der Waals surface area contributed by atoms with E-state index in [0.29, 0.717) is 5.75 Å². The van der Waals surface area contributed by atoms with Crippen LogP contribution in [0.2, 0.25) is 0 Å². The zero-order chi connectivity index (χ0) is 25.0. The number of amides is 4. The van der Waals surface area contributed by atoms with Crippen LogP contribution in [-0.2, 0) is 30.4 Å². The number of hydrogen-bond acceptors (Lipinski definition) is 7. The number of carboxylic acid groups (broad SMARTS) is 1. The molecule has 0 saturated carbocycles. The molecule has 4 amide bonds. The Morgan fingerprint density at radius 3 is 2.09 bits per heavy atom. The summed E-state index contributed by atoms with van der Waals surface area (Å²) in [6.07, 6.45) is 1.72. The largest absolute Gasteiger partial charge is 0.480 e. The summed E-state index contributed by atoms with van der Waals surface area (Å²) in [5, 5.41) is 16.2. The van der Waals surface area contributed by atoms with Gasteiger partial charge in [-0.15, -0.1) is 0 Å². The Morgan fingerprint density at radius 2 is 1.55 bits per heavy atom. The van der Waals surface area contributed by atoms with Gasteiger partial charge >= 0.3 is 5.97 Å². The third-order valence-corrected chi connectivity index (χ3v) is 5.29. The first kappa shape index (κ1) is 27.9. The van der Waals surface area contributed by atoms with Gasteiger partial charge in [0.1, 0.15) is 18.1 Å². The molecular weight excluding hydrogens is 450 g/mol. The smallest absolute Gasteiger partial charge is 0.325 e. The number of nitrogens with one attached hydrogen (secondary N) is 3. The second-order valence-electron chi connectivity index (χ2n) is 7.44. The molecule has 33 heavy (non-hydrogen) atoms. The monoisotopic (exact) mass is 481 g/mol. The lowest BCUT2D eigenvalue weighted by molar-refractivity contribution is -0.142. The van der Waals surface area contributed by atoms with Crippen molar-refractivity contribution in [2.24, 2.45) is 11.5 Å². The van der Waals surface area contributed by atoms with Gasteiger partial charge in [0.05, 0.1) is 12.5 Å². The number of thioether (sulfide) groups is 1. The fourth-order valence-corrected chi connectivity index (χ4v) is 3.27. The van der Waals surface area contributed by atoms with Crippen LogP contribution in [0.1, 0.15) is 25.3 Å². The lowest BCUT2D eigenvalue weighted by Gasteiger charge is -2.24. The van der Waals surface area contributed by atoms with E-state index in [2.05, 4.69) is 16.0 Å². The van der Waals surface area contributed by atoms with Crippen molar-refractivity contribution in [2.45, 2.75) is 50.4 Å². The third-order valence-electron chi connectivity index (χ3n) is 4.65. The summed E-state index contributed by atoms with van der Waals surface area (Å²) in [5.41, 5.74) is 12.0. The summed E-state index contributed by atoms with van der Waals surface area (Å²) in [6, 6.07) is 4.45. The molecule has 0 bridgehead atoms. The maximum Gasteiger partial charge on any atom is 0.325 e. The molecule has 12 heteroatoms. The summed E-state index contributed by atoms with van der Waals surface area (Å²) < 4.78 is 0. The Morgan fingerprint density at radius 1 is 0.970 bits per heavy atom. The molecule has 8 N–H and O–H groups in total. The number of carbonyl (C=O) groups is 5. The molecule has 1 aromatic rings. The van der Waals surface area contributed by atoms with Crippen molar-refractivity contribution >= 4 is 41.4 Å². The quantitative estimate of drug-likeness (QED) is 0.189. The van der Waals surface area contributed by atoms with Crippen LogP contribution in [0.25, 0.3) is 0 Å². The Balaban J connectivity index is 2.88. The third kappa shape index (κ3) is 10.4. The standard InChI is InChI=1S/C21H31N5O6S/c1-12(21(31)32)24-19(29)15(8-9-33-2)25-20(30)16(11-17(23)27)26-18(28)14(22)10-13-6-4-3-5-7-13/h3-7,12,14-16H,8-11,22H2,1-2H3,(H2,23,27)(H,24,29)(H,25,30)(H,26,28)(H,31,32). The Kier molecular flexibility index (Phi) is 11.9. The number of rotatable bonds is 14. The highest BCUT2D eigenvalue weighted by atomic mass is 32.2. The Hall–Kier alpha value is -3.12. The summed E-state index contributed by atoms with van der Waals surface area (Å²) in [4.78, 5) is 60.3. The number of primary amides is 1. The summed E-state index contributed by atoms with van der Waals surface area (Å²) in [7, 11) is 0. The highest BCUT2D eigenvalue weighted by molar-refractivity contribution is 7.98. The molecule has 0 radical (unpaired) electrons. The number of aliphatic carboxylic acids is 1. The predicted molar refractivity (Wildman–Crippen MR) is 124 cm³/mol. The molecule has 11 nitrogen and oxygen atoms in total. The molecule has 1 rings (SSSR count). The molecule has 4 atom stereocenters. The van der Waals surface area contributed by atoms with E-state index in [1.807, 2.05) is 6.07 Å². The minimum atomic E-state index is -1.35. The topological polar surface area (TPSA) is 194 Å². The van der Waals surface area contributed by atoms with Gasteiger partial charge < -0.3 is 32.5 Å².